The van der Waals surface area contributed by atoms with Gasteiger partial charge in [-0.1, -0.05) is 39.3 Å². The number of carbonyl (C=O) groups is 1. The first-order valence-electron chi connectivity index (χ1n) is 8.73. The summed E-state index contributed by atoms with van der Waals surface area (Å²) in [6.07, 6.45) is 0. The predicted molar refractivity (Wildman–Crippen MR) is 106 cm³/mol. The average Bonchev–Trinajstić information content (AvgIpc) is 3.24. The molecule has 1 aliphatic rings. The van der Waals surface area contributed by atoms with Gasteiger partial charge in [0.15, 0.2) is 11.2 Å². The van der Waals surface area contributed by atoms with Crippen LogP contribution >= 0.6 is 15.9 Å². The first-order chi connectivity index (χ1) is 14.0. The Bertz CT molecular complexity index is 1360. The first kappa shape index (κ1) is 17.8. The molecule has 0 bridgehead atoms. The fraction of sp³-hybridized carbons (Fsp3) is 0.0952. The number of hydrogen-bond acceptors (Lipinski definition) is 5. The van der Waals surface area contributed by atoms with Gasteiger partial charge in [-0.3, -0.25) is 14.5 Å². The molecule has 5 rings (SSSR count). The Kier molecular flexibility index (Phi) is 3.92. The zero-order valence-corrected chi connectivity index (χ0v) is 16.6. The van der Waals surface area contributed by atoms with Gasteiger partial charge in [0.25, 0.3) is 5.91 Å². The van der Waals surface area contributed by atoms with E-state index in [0.717, 1.165) is 0 Å². The third-order valence-electron chi connectivity index (χ3n) is 4.89. The molecule has 6 nitrogen and oxygen atoms in total. The Balaban J connectivity index is 1.86. The fourth-order valence-corrected chi connectivity index (χ4v) is 4.00. The summed E-state index contributed by atoms with van der Waals surface area (Å²) in [6, 6.07) is 11.5. The van der Waals surface area contributed by atoms with Gasteiger partial charge in [-0.15, -0.1) is 0 Å². The summed E-state index contributed by atoms with van der Waals surface area (Å²) in [5.41, 5.74) is 0.121. The normalized spacial score (nSPS) is 15.9. The van der Waals surface area contributed by atoms with Crippen molar-refractivity contribution in [2.75, 3.05) is 4.90 Å². The maximum absolute atomic E-state index is 14.7. The molecule has 29 heavy (non-hydrogen) atoms. The van der Waals surface area contributed by atoms with E-state index in [2.05, 4.69) is 21.1 Å². The molecule has 2 aromatic carbocycles. The number of benzene rings is 2. The van der Waals surface area contributed by atoms with Crippen molar-refractivity contribution in [3.8, 4) is 0 Å². The van der Waals surface area contributed by atoms with Crippen molar-refractivity contribution in [1.29, 1.82) is 0 Å². The molecule has 0 saturated heterocycles. The van der Waals surface area contributed by atoms with Gasteiger partial charge < -0.3 is 8.94 Å². The number of anilines is 1. The lowest BCUT2D eigenvalue weighted by Gasteiger charge is -2.22. The van der Waals surface area contributed by atoms with Crippen LogP contribution in [0, 0.1) is 12.7 Å². The monoisotopic (exact) mass is 454 g/mol. The number of carbonyl (C=O) groups excluding carboxylic acids is 1. The molecule has 0 radical (unpaired) electrons. The minimum atomic E-state index is -1.03. The van der Waals surface area contributed by atoms with E-state index in [1.807, 2.05) is 0 Å². The van der Waals surface area contributed by atoms with Crippen molar-refractivity contribution in [3.05, 3.63) is 91.7 Å². The number of aromatic nitrogens is 1. The standard InChI is InChI=1S/C21H12BrFN2O4/c1-10-8-16(24-29-10)25-18(12-4-2-3-5-14(12)23)17-19(26)13-9-11(22)6-7-15(13)28-20(17)21(25)27/h2-9,18H,1H3. The van der Waals surface area contributed by atoms with Crippen LogP contribution in [0.25, 0.3) is 11.0 Å². The van der Waals surface area contributed by atoms with Crippen LogP contribution in [0.4, 0.5) is 10.2 Å². The van der Waals surface area contributed by atoms with E-state index in [-0.39, 0.29) is 28.3 Å². The van der Waals surface area contributed by atoms with Gasteiger partial charge in [-0.25, -0.2) is 4.39 Å². The third-order valence-corrected chi connectivity index (χ3v) is 5.39. The van der Waals surface area contributed by atoms with Gasteiger partial charge in [-0.05, 0) is 31.2 Å². The van der Waals surface area contributed by atoms with Crippen molar-refractivity contribution in [3.63, 3.8) is 0 Å². The van der Waals surface area contributed by atoms with E-state index in [9.17, 15) is 14.0 Å². The lowest BCUT2D eigenvalue weighted by atomic mass is 9.98. The Morgan fingerprint density at radius 3 is 2.66 bits per heavy atom. The molecular formula is C21H12BrFN2O4. The number of fused-ring (bicyclic) bond motifs is 2. The van der Waals surface area contributed by atoms with Crippen molar-refractivity contribution in [1.82, 2.24) is 5.16 Å². The molecule has 4 aromatic rings. The van der Waals surface area contributed by atoms with Gasteiger partial charge in [0.1, 0.15) is 17.2 Å². The maximum atomic E-state index is 14.7. The molecule has 2 aromatic heterocycles. The molecule has 3 heterocycles. The van der Waals surface area contributed by atoms with Crippen molar-refractivity contribution < 1.29 is 18.1 Å². The fourth-order valence-electron chi connectivity index (χ4n) is 3.64. The van der Waals surface area contributed by atoms with Crippen molar-refractivity contribution in [2.24, 2.45) is 0 Å². The minimum absolute atomic E-state index is 0.0753. The topological polar surface area (TPSA) is 76.6 Å². The third kappa shape index (κ3) is 2.63. The van der Waals surface area contributed by atoms with E-state index < -0.39 is 23.2 Å². The van der Waals surface area contributed by atoms with Crippen LogP contribution in [0.15, 0.2) is 66.7 Å². The molecule has 8 heteroatoms. The quantitative estimate of drug-likeness (QED) is 0.437. The summed E-state index contributed by atoms with van der Waals surface area (Å²) in [6.45, 7) is 1.68. The number of hydrogen-bond donors (Lipinski definition) is 0. The Morgan fingerprint density at radius 1 is 1.14 bits per heavy atom. The second-order valence-electron chi connectivity index (χ2n) is 6.71. The highest BCUT2D eigenvalue weighted by Crippen LogP contribution is 2.41. The molecule has 1 atom stereocenters. The van der Waals surface area contributed by atoms with E-state index in [0.29, 0.717) is 15.6 Å². The van der Waals surface area contributed by atoms with E-state index >= 15 is 0 Å². The van der Waals surface area contributed by atoms with Crippen LogP contribution in [0.2, 0.25) is 0 Å². The van der Waals surface area contributed by atoms with Gasteiger partial charge in [-0.2, -0.15) is 0 Å². The molecule has 0 N–H and O–H groups in total. The van der Waals surface area contributed by atoms with Gasteiger partial charge in [0.05, 0.1) is 17.0 Å². The smallest absolute Gasteiger partial charge is 0.296 e. The second-order valence-corrected chi connectivity index (χ2v) is 7.63. The van der Waals surface area contributed by atoms with Crippen molar-refractivity contribution >= 4 is 38.6 Å². The number of rotatable bonds is 2. The van der Waals surface area contributed by atoms with Crippen molar-refractivity contribution in [2.45, 2.75) is 13.0 Å². The van der Waals surface area contributed by atoms with Gasteiger partial charge in [0, 0.05) is 16.1 Å². The number of aryl methyl sites for hydroxylation is 1. The zero-order valence-electron chi connectivity index (χ0n) is 15.0. The van der Waals surface area contributed by atoms with E-state index in [1.165, 1.54) is 17.0 Å². The number of amides is 1. The molecule has 144 valence electrons. The lowest BCUT2D eigenvalue weighted by molar-refractivity contribution is 0.0969. The van der Waals surface area contributed by atoms with E-state index in [4.69, 9.17) is 8.94 Å². The van der Waals surface area contributed by atoms with Gasteiger partial charge >= 0.3 is 0 Å². The van der Waals surface area contributed by atoms with Gasteiger partial charge in [0.2, 0.25) is 5.76 Å². The molecule has 1 amide bonds. The second kappa shape index (κ2) is 6.38. The zero-order chi connectivity index (χ0) is 20.3. The maximum Gasteiger partial charge on any atom is 0.296 e. The molecule has 0 spiro atoms. The molecule has 0 aliphatic carbocycles. The summed E-state index contributed by atoms with van der Waals surface area (Å²) < 4.78 is 26.4. The van der Waals surface area contributed by atoms with Crippen LogP contribution < -0.4 is 10.3 Å². The largest absolute Gasteiger partial charge is 0.450 e. The Hall–Kier alpha value is -3.26. The summed E-state index contributed by atoms with van der Waals surface area (Å²) in [4.78, 5) is 27.8. The van der Waals surface area contributed by atoms with Crippen LogP contribution in [0.1, 0.15) is 33.5 Å². The SMILES string of the molecule is Cc1cc(N2C(=O)c3oc4ccc(Br)cc4c(=O)c3C2c2ccccc2F)no1. The molecule has 0 fully saturated rings. The summed E-state index contributed by atoms with van der Waals surface area (Å²) >= 11 is 3.34. The highest BCUT2D eigenvalue weighted by Gasteiger charge is 2.45. The molecule has 1 unspecified atom stereocenters. The first-order valence-corrected chi connectivity index (χ1v) is 9.52. The average molecular weight is 455 g/mol. The van der Waals surface area contributed by atoms with Crippen LogP contribution in [0.3, 0.4) is 0 Å². The Morgan fingerprint density at radius 2 is 1.93 bits per heavy atom. The molecule has 0 saturated carbocycles. The summed E-state index contributed by atoms with van der Waals surface area (Å²) in [7, 11) is 0. The highest BCUT2D eigenvalue weighted by molar-refractivity contribution is 9.10. The van der Waals surface area contributed by atoms with Crippen LogP contribution in [-0.2, 0) is 0 Å². The highest BCUT2D eigenvalue weighted by atomic mass is 79.9. The minimum Gasteiger partial charge on any atom is -0.450 e. The number of halogens is 2. The number of nitrogens with zero attached hydrogens (tertiary/aromatic N) is 2. The summed E-state index contributed by atoms with van der Waals surface area (Å²) in [5.74, 6) is -0.597. The van der Waals surface area contributed by atoms with E-state index in [1.54, 1.807) is 43.3 Å². The summed E-state index contributed by atoms with van der Waals surface area (Å²) in [5, 5.41) is 4.20. The lowest BCUT2D eigenvalue weighted by Crippen LogP contribution is -2.30. The predicted octanol–water partition coefficient (Wildman–Crippen LogP) is 4.74. The Labute approximate surface area is 171 Å². The molecule has 1 aliphatic heterocycles. The van der Waals surface area contributed by atoms with Crippen LogP contribution in [-0.4, -0.2) is 11.1 Å². The van der Waals surface area contributed by atoms with Crippen LogP contribution in [0.5, 0.6) is 0 Å². The molecular weight excluding hydrogens is 443 g/mol.